The zero-order chi connectivity index (χ0) is 9.26. The second-order valence-electron chi connectivity index (χ2n) is 3.07. The molecule has 1 aliphatic heterocycles. The molecule has 4 heteroatoms. The molecule has 1 aromatic heterocycles. The van der Waals surface area contributed by atoms with Gasteiger partial charge in [0.25, 0.3) is 5.91 Å². The lowest BCUT2D eigenvalue weighted by molar-refractivity contribution is 0.0650. The summed E-state index contributed by atoms with van der Waals surface area (Å²) >= 11 is 0. The van der Waals surface area contributed by atoms with E-state index in [1.165, 1.54) is 18.5 Å². The number of aromatic amines is 1. The lowest BCUT2D eigenvalue weighted by Gasteiger charge is -2.30. The third kappa shape index (κ3) is 1.35. The van der Waals surface area contributed by atoms with Gasteiger partial charge in [-0.3, -0.25) is 9.59 Å². The Morgan fingerprint density at radius 1 is 1.46 bits per heavy atom. The molecule has 0 bridgehead atoms. The van der Waals surface area contributed by atoms with Crippen molar-refractivity contribution in [2.75, 3.05) is 13.1 Å². The SMILES string of the molecule is O=C(c1c[nH]ccc1=O)N1CCC1. The first kappa shape index (κ1) is 8.04. The topological polar surface area (TPSA) is 53.2 Å². The van der Waals surface area contributed by atoms with Crippen molar-refractivity contribution in [2.45, 2.75) is 6.42 Å². The van der Waals surface area contributed by atoms with E-state index in [0.717, 1.165) is 19.5 Å². The van der Waals surface area contributed by atoms with Crippen LogP contribution in [0.5, 0.6) is 0 Å². The third-order valence-corrected chi connectivity index (χ3v) is 2.20. The van der Waals surface area contributed by atoms with Gasteiger partial charge in [0.05, 0.1) is 0 Å². The predicted molar refractivity (Wildman–Crippen MR) is 47.6 cm³/mol. The monoisotopic (exact) mass is 178 g/mol. The van der Waals surface area contributed by atoms with Crippen molar-refractivity contribution >= 4 is 5.91 Å². The largest absolute Gasteiger partial charge is 0.367 e. The molecule has 1 amide bonds. The van der Waals surface area contributed by atoms with Crippen molar-refractivity contribution in [3.8, 4) is 0 Å². The first-order chi connectivity index (χ1) is 6.29. The molecule has 0 atom stereocenters. The minimum Gasteiger partial charge on any atom is -0.367 e. The highest BCUT2D eigenvalue weighted by molar-refractivity contribution is 5.94. The summed E-state index contributed by atoms with van der Waals surface area (Å²) < 4.78 is 0. The van der Waals surface area contributed by atoms with Crippen molar-refractivity contribution in [2.24, 2.45) is 0 Å². The van der Waals surface area contributed by atoms with Gasteiger partial charge in [0.2, 0.25) is 0 Å². The Hall–Kier alpha value is -1.58. The van der Waals surface area contributed by atoms with E-state index >= 15 is 0 Å². The fraction of sp³-hybridized carbons (Fsp3) is 0.333. The highest BCUT2D eigenvalue weighted by Crippen LogP contribution is 2.08. The Morgan fingerprint density at radius 3 is 2.77 bits per heavy atom. The summed E-state index contributed by atoms with van der Waals surface area (Å²) in [5.41, 5.74) is 0.0258. The van der Waals surface area contributed by atoms with E-state index in [1.807, 2.05) is 0 Å². The second kappa shape index (κ2) is 3.05. The van der Waals surface area contributed by atoms with Gasteiger partial charge in [0.1, 0.15) is 5.56 Å². The number of carbonyl (C=O) groups excluding carboxylic acids is 1. The van der Waals surface area contributed by atoms with E-state index in [-0.39, 0.29) is 16.9 Å². The van der Waals surface area contributed by atoms with E-state index in [9.17, 15) is 9.59 Å². The van der Waals surface area contributed by atoms with Crippen molar-refractivity contribution in [3.05, 3.63) is 34.2 Å². The number of carbonyl (C=O) groups is 1. The van der Waals surface area contributed by atoms with Crippen molar-refractivity contribution < 1.29 is 4.79 Å². The average Bonchev–Trinajstić information content (AvgIpc) is 2.01. The number of hydrogen-bond donors (Lipinski definition) is 1. The third-order valence-electron chi connectivity index (χ3n) is 2.20. The van der Waals surface area contributed by atoms with E-state index < -0.39 is 0 Å². The van der Waals surface area contributed by atoms with E-state index in [1.54, 1.807) is 4.90 Å². The van der Waals surface area contributed by atoms with Crippen molar-refractivity contribution in [1.29, 1.82) is 0 Å². The van der Waals surface area contributed by atoms with Gasteiger partial charge in [0.15, 0.2) is 5.43 Å². The van der Waals surface area contributed by atoms with Crippen LogP contribution in [0.3, 0.4) is 0 Å². The molecule has 68 valence electrons. The summed E-state index contributed by atoms with van der Waals surface area (Å²) in [6.07, 6.45) is 4.02. The van der Waals surface area contributed by atoms with E-state index in [2.05, 4.69) is 4.98 Å². The van der Waals surface area contributed by atoms with Crippen LogP contribution in [-0.4, -0.2) is 28.9 Å². The molecule has 1 saturated heterocycles. The minimum atomic E-state index is -0.212. The molecule has 13 heavy (non-hydrogen) atoms. The first-order valence-corrected chi connectivity index (χ1v) is 4.25. The van der Waals surface area contributed by atoms with Gasteiger partial charge in [-0.15, -0.1) is 0 Å². The molecule has 0 aliphatic carbocycles. The Kier molecular flexibility index (Phi) is 1.88. The molecule has 0 unspecified atom stereocenters. The molecule has 1 N–H and O–H groups in total. The van der Waals surface area contributed by atoms with Crippen molar-refractivity contribution in [3.63, 3.8) is 0 Å². The van der Waals surface area contributed by atoms with Crippen LogP contribution in [0.1, 0.15) is 16.8 Å². The number of hydrogen-bond acceptors (Lipinski definition) is 2. The number of nitrogens with one attached hydrogen (secondary N) is 1. The summed E-state index contributed by atoms with van der Waals surface area (Å²) in [4.78, 5) is 27.2. The molecule has 4 nitrogen and oxygen atoms in total. The Morgan fingerprint density at radius 2 is 2.23 bits per heavy atom. The number of nitrogens with zero attached hydrogens (tertiary/aromatic N) is 1. The van der Waals surface area contributed by atoms with Crippen LogP contribution in [0.25, 0.3) is 0 Å². The lowest BCUT2D eigenvalue weighted by atomic mass is 10.1. The summed E-state index contributed by atoms with van der Waals surface area (Å²) in [5.74, 6) is -0.159. The number of pyridine rings is 1. The molecular formula is C9H10N2O2. The Balaban J connectivity index is 2.29. The van der Waals surface area contributed by atoms with Crippen LogP contribution in [0.15, 0.2) is 23.3 Å². The number of H-pyrrole nitrogens is 1. The standard InChI is InChI=1S/C9H10N2O2/c12-8-2-3-10-6-7(8)9(13)11-4-1-5-11/h2-3,6H,1,4-5H2,(H,10,12). The van der Waals surface area contributed by atoms with Gasteiger partial charge in [-0.2, -0.15) is 0 Å². The quantitative estimate of drug-likeness (QED) is 0.668. The Bertz CT molecular complexity index is 379. The molecular weight excluding hydrogens is 168 g/mol. The average molecular weight is 178 g/mol. The number of aromatic nitrogens is 1. The molecule has 0 spiro atoms. The maximum Gasteiger partial charge on any atom is 0.259 e. The number of amides is 1. The van der Waals surface area contributed by atoms with E-state index in [0.29, 0.717) is 0 Å². The first-order valence-electron chi connectivity index (χ1n) is 4.25. The van der Waals surface area contributed by atoms with Gasteiger partial charge in [0, 0.05) is 31.5 Å². The molecule has 0 saturated carbocycles. The van der Waals surface area contributed by atoms with Crippen LogP contribution in [0.2, 0.25) is 0 Å². The molecule has 1 fully saturated rings. The van der Waals surface area contributed by atoms with Crippen LogP contribution in [0, 0.1) is 0 Å². The molecule has 2 rings (SSSR count). The van der Waals surface area contributed by atoms with Gasteiger partial charge in [-0.1, -0.05) is 0 Å². The zero-order valence-corrected chi connectivity index (χ0v) is 7.12. The maximum atomic E-state index is 11.6. The van der Waals surface area contributed by atoms with Gasteiger partial charge >= 0.3 is 0 Å². The smallest absolute Gasteiger partial charge is 0.259 e. The van der Waals surface area contributed by atoms with Crippen LogP contribution in [0.4, 0.5) is 0 Å². The summed E-state index contributed by atoms with van der Waals surface area (Å²) in [5, 5.41) is 0. The fourth-order valence-corrected chi connectivity index (χ4v) is 1.27. The van der Waals surface area contributed by atoms with Crippen molar-refractivity contribution in [1.82, 2.24) is 9.88 Å². The van der Waals surface area contributed by atoms with Crippen LogP contribution >= 0.6 is 0 Å². The molecule has 0 aromatic carbocycles. The highest BCUT2D eigenvalue weighted by atomic mass is 16.2. The maximum absolute atomic E-state index is 11.6. The lowest BCUT2D eigenvalue weighted by Crippen LogP contribution is -2.43. The fourth-order valence-electron chi connectivity index (χ4n) is 1.27. The second-order valence-corrected chi connectivity index (χ2v) is 3.07. The molecule has 1 aromatic rings. The number of likely N-dealkylation sites (tertiary alicyclic amines) is 1. The predicted octanol–water partition coefficient (Wildman–Crippen LogP) is 0.221. The highest BCUT2D eigenvalue weighted by Gasteiger charge is 2.22. The summed E-state index contributed by atoms with van der Waals surface area (Å²) in [7, 11) is 0. The van der Waals surface area contributed by atoms with Gasteiger partial charge in [-0.05, 0) is 6.42 Å². The minimum absolute atomic E-state index is 0.159. The Labute approximate surface area is 75.2 Å². The normalized spacial score (nSPS) is 15.2. The summed E-state index contributed by atoms with van der Waals surface area (Å²) in [6, 6.07) is 1.37. The molecule has 2 heterocycles. The number of rotatable bonds is 1. The molecule has 1 aliphatic rings. The zero-order valence-electron chi connectivity index (χ0n) is 7.12. The van der Waals surface area contributed by atoms with Crippen LogP contribution in [-0.2, 0) is 0 Å². The molecule has 0 radical (unpaired) electrons. The van der Waals surface area contributed by atoms with E-state index in [4.69, 9.17) is 0 Å². The van der Waals surface area contributed by atoms with Crippen LogP contribution < -0.4 is 5.43 Å². The van der Waals surface area contributed by atoms with Gasteiger partial charge in [-0.25, -0.2) is 0 Å². The summed E-state index contributed by atoms with van der Waals surface area (Å²) in [6.45, 7) is 1.54. The van der Waals surface area contributed by atoms with Gasteiger partial charge < -0.3 is 9.88 Å².